The normalized spacial score (nSPS) is 22.8. The van der Waals surface area contributed by atoms with Crippen LogP contribution in [0, 0.1) is 0 Å². The van der Waals surface area contributed by atoms with E-state index < -0.39 is 0 Å². The van der Waals surface area contributed by atoms with E-state index in [0.717, 1.165) is 32.1 Å². The predicted molar refractivity (Wildman–Crippen MR) is 84.6 cm³/mol. The van der Waals surface area contributed by atoms with Crippen LogP contribution in [0.4, 0.5) is 5.69 Å². The standard InChI is InChI=1S/C14H22BrN3O3/c1-21-8-7-18-14(20)13(15)11(9-16-18)17-10-5-3-2-4-6-12(10)19/h9-10,12,17,19H,2-8H2,1H3. The second kappa shape index (κ2) is 7.91. The molecule has 7 heteroatoms. The number of anilines is 1. The number of aliphatic hydroxyl groups is 1. The summed E-state index contributed by atoms with van der Waals surface area (Å²) in [6, 6.07) is -0.0279. The first kappa shape index (κ1) is 16.5. The summed E-state index contributed by atoms with van der Waals surface area (Å²) < 4.78 is 6.77. The number of nitrogens with zero attached hydrogens (tertiary/aromatic N) is 2. The second-order valence-corrected chi connectivity index (χ2v) is 6.14. The van der Waals surface area contributed by atoms with E-state index >= 15 is 0 Å². The Bertz CT molecular complexity index is 521. The molecule has 0 bridgehead atoms. The summed E-state index contributed by atoms with van der Waals surface area (Å²) in [4.78, 5) is 12.2. The van der Waals surface area contributed by atoms with Gasteiger partial charge in [-0.3, -0.25) is 4.79 Å². The van der Waals surface area contributed by atoms with Gasteiger partial charge in [-0.05, 0) is 28.8 Å². The monoisotopic (exact) mass is 359 g/mol. The average molecular weight is 360 g/mol. The van der Waals surface area contributed by atoms with Crippen LogP contribution < -0.4 is 10.9 Å². The molecular formula is C14H22BrN3O3. The van der Waals surface area contributed by atoms with Crippen LogP contribution in [0.15, 0.2) is 15.5 Å². The molecule has 0 radical (unpaired) electrons. The van der Waals surface area contributed by atoms with Gasteiger partial charge in [0, 0.05) is 7.11 Å². The topological polar surface area (TPSA) is 76.4 Å². The molecule has 0 amide bonds. The van der Waals surface area contributed by atoms with Crippen molar-refractivity contribution in [2.75, 3.05) is 19.0 Å². The minimum Gasteiger partial charge on any atom is -0.391 e. The largest absolute Gasteiger partial charge is 0.391 e. The Hall–Kier alpha value is -0.920. The molecule has 0 saturated heterocycles. The summed E-state index contributed by atoms with van der Waals surface area (Å²) in [5.41, 5.74) is 0.444. The van der Waals surface area contributed by atoms with E-state index in [0.29, 0.717) is 23.3 Å². The first-order chi connectivity index (χ1) is 10.1. The quantitative estimate of drug-likeness (QED) is 0.783. The van der Waals surface area contributed by atoms with Crippen LogP contribution in [-0.4, -0.2) is 40.7 Å². The maximum absolute atomic E-state index is 12.2. The average Bonchev–Trinajstić information content (AvgIpc) is 2.68. The molecule has 2 N–H and O–H groups in total. The molecule has 0 aliphatic heterocycles. The minimum absolute atomic E-state index is 0.0279. The number of methoxy groups -OCH3 is 1. The summed E-state index contributed by atoms with van der Waals surface area (Å²) in [6.45, 7) is 0.855. The molecule has 2 rings (SSSR count). The van der Waals surface area contributed by atoms with Crippen molar-refractivity contribution in [1.29, 1.82) is 0 Å². The number of ether oxygens (including phenoxy) is 1. The number of halogens is 1. The molecule has 2 unspecified atom stereocenters. The van der Waals surface area contributed by atoms with E-state index in [4.69, 9.17) is 4.74 Å². The van der Waals surface area contributed by atoms with Gasteiger partial charge in [0.25, 0.3) is 5.56 Å². The number of aliphatic hydroxyl groups excluding tert-OH is 1. The molecule has 118 valence electrons. The lowest BCUT2D eigenvalue weighted by atomic mass is 10.1. The molecule has 1 aliphatic carbocycles. The number of hydrogen-bond acceptors (Lipinski definition) is 5. The van der Waals surface area contributed by atoms with E-state index in [2.05, 4.69) is 26.3 Å². The highest BCUT2D eigenvalue weighted by molar-refractivity contribution is 9.10. The van der Waals surface area contributed by atoms with Gasteiger partial charge in [0.05, 0.1) is 37.2 Å². The van der Waals surface area contributed by atoms with Crippen LogP contribution in [0.2, 0.25) is 0 Å². The van der Waals surface area contributed by atoms with Gasteiger partial charge in [-0.2, -0.15) is 5.10 Å². The van der Waals surface area contributed by atoms with Crippen molar-refractivity contribution in [3.63, 3.8) is 0 Å². The zero-order valence-corrected chi connectivity index (χ0v) is 13.8. The molecule has 2 atom stereocenters. The molecule has 21 heavy (non-hydrogen) atoms. The number of aromatic nitrogens is 2. The van der Waals surface area contributed by atoms with Gasteiger partial charge in [0.2, 0.25) is 0 Å². The lowest BCUT2D eigenvalue weighted by Gasteiger charge is -2.23. The molecule has 0 aromatic carbocycles. The Morgan fingerprint density at radius 1 is 1.48 bits per heavy atom. The Labute approximate surface area is 132 Å². The summed E-state index contributed by atoms with van der Waals surface area (Å²) in [7, 11) is 1.59. The van der Waals surface area contributed by atoms with E-state index in [1.54, 1.807) is 13.3 Å². The van der Waals surface area contributed by atoms with E-state index in [-0.39, 0.29) is 17.7 Å². The second-order valence-electron chi connectivity index (χ2n) is 5.35. The van der Waals surface area contributed by atoms with Crippen LogP contribution in [0.5, 0.6) is 0 Å². The van der Waals surface area contributed by atoms with E-state index in [1.165, 1.54) is 4.68 Å². The zero-order valence-electron chi connectivity index (χ0n) is 12.2. The number of hydrogen-bond donors (Lipinski definition) is 2. The van der Waals surface area contributed by atoms with Crippen LogP contribution in [0.1, 0.15) is 32.1 Å². The Kier molecular flexibility index (Phi) is 6.20. The van der Waals surface area contributed by atoms with E-state index in [9.17, 15) is 9.90 Å². The Morgan fingerprint density at radius 2 is 2.24 bits per heavy atom. The van der Waals surface area contributed by atoms with Gasteiger partial charge >= 0.3 is 0 Å². The first-order valence-electron chi connectivity index (χ1n) is 7.32. The molecule has 1 aliphatic rings. The van der Waals surface area contributed by atoms with Gasteiger partial charge in [-0.1, -0.05) is 19.3 Å². The highest BCUT2D eigenvalue weighted by atomic mass is 79.9. The molecule has 1 heterocycles. The molecule has 1 fully saturated rings. The lowest BCUT2D eigenvalue weighted by molar-refractivity contribution is 0.144. The third kappa shape index (κ3) is 4.28. The predicted octanol–water partition coefficient (Wildman–Crippen LogP) is 1.76. The molecule has 0 spiro atoms. The van der Waals surface area contributed by atoms with Crippen LogP contribution in [0.3, 0.4) is 0 Å². The number of nitrogens with one attached hydrogen (secondary N) is 1. The van der Waals surface area contributed by atoms with Crippen LogP contribution in [-0.2, 0) is 11.3 Å². The Morgan fingerprint density at radius 3 is 3.00 bits per heavy atom. The van der Waals surface area contributed by atoms with E-state index in [1.807, 2.05) is 0 Å². The zero-order chi connectivity index (χ0) is 15.2. The third-order valence-corrected chi connectivity index (χ3v) is 4.58. The maximum Gasteiger partial charge on any atom is 0.283 e. The van der Waals surface area contributed by atoms with Crippen LogP contribution in [0.25, 0.3) is 0 Å². The van der Waals surface area contributed by atoms with Gasteiger partial charge in [0.1, 0.15) is 4.47 Å². The van der Waals surface area contributed by atoms with Crippen molar-refractivity contribution in [3.05, 3.63) is 21.0 Å². The van der Waals surface area contributed by atoms with Gasteiger partial charge in [-0.25, -0.2) is 4.68 Å². The summed E-state index contributed by atoms with van der Waals surface area (Å²) in [6.07, 6.45) is 6.23. The smallest absolute Gasteiger partial charge is 0.283 e. The first-order valence-corrected chi connectivity index (χ1v) is 8.12. The van der Waals surface area contributed by atoms with Crippen molar-refractivity contribution in [2.24, 2.45) is 0 Å². The minimum atomic E-state index is -0.379. The van der Waals surface area contributed by atoms with Crippen molar-refractivity contribution in [2.45, 2.75) is 50.8 Å². The van der Waals surface area contributed by atoms with Crippen molar-refractivity contribution in [3.8, 4) is 0 Å². The molecule has 1 saturated carbocycles. The van der Waals surface area contributed by atoms with Crippen LogP contribution >= 0.6 is 15.9 Å². The maximum atomic E-state index is 12.2. The van der Waals surface area contributed by atoms with Gasteiger partial charge < -0.3 is 15.2 Å². The van der Waals surface area contributed by atoms with Crippen molar-refractivity contribution < 1.29 is 9.84 Å². The fourth-order valence-electron chi connectivity index (χ4n) is 2.56. The lowest BCUT2D eigenvalue weighted by Crippen LogP contribution is -2.34. The van der Waals surface area contributed by atoms with Gasteiger partial charge in [-0.15, -0.1) is 0 Å². The van der Waals surface area contributed by atoms with Crippen molar-refractivity contribution >= 4 is 21.6 Å². The molecule has 1 aromatic rings. The highest BCUT2D eigenvalue weighted by Gasteiger charge is 2.22. The fourth-order valence-corrected chi connectivity index (χ4v) is 2.98. The summed E-state index contributed by atoms with van der Waals surface area (Å²) in [5.74, 6) is 0. The molecule has 6 nitrogen and oxygen atoms in total. The fraction of sp³-hybridized carbons (Fsp3) is 0.714. The Balaban J connectivity index is 2.13. The number of rotatable bonds is 5. The summed E-state index contributed by atoms with van der Waals surface area (Å²) >= 11 is 3.33. The molecular weight excluding hydrogens is 338 g/mol. The summed E-state index contributed by atoms with van der Waals surface area (Å²) in [5, 5.41) is 17.5. The van der Waals surface area contributed by atoms with Gasteiger partial charge in [0.15, 0.2) is 0 Å². The highest BCUT2D eigenvalue weighted by Crippen LogP contribution is 2.24. The van der Waals surface area contributed by atoms with Crippen molar-refractivity contribution in [1.82, 2.24) is 9.78 Å². The molecule has 1 aromatic heterocycles. The third-order valence-electron chi connectivity index (χ3n) is 3.81. The SMILES string of the molecule is COCCn1ncc(NC2CCCCCC2O)c(Br)c1=O.